The maximum atomic E-state index is 13.6. The van der Waals surface area contributed by atoms with Gasteiger partial charge in [-0.2, -0.15) is 0 Å². The molecule has 68 heavy (non-hydrogen) atoms. The average Bonchev–Trinajstić information content (AvgIpc) is 3.78. The Hall–Kier alpha value is -8.93. The van der Waals surface area contributed by atoms with E-state index in [1.165, 1.54) is 72.8 Å². The van der Waals surface area contributed by atoms with Crippen LogP contribution in [0.15, 0.2) is 121 Å². The monoisotopic (exact) mass is 952 g/mol. The topological polar surface area (TPSA) is 297 Å². The molecule has 9 rings (SSSR count). The van der Waals surface area contributed by atoms with Crippen LogP contribution < -0.4 is 27.2 Å². The van der Waals surface area contributed by atoms with Crippen LogP contribution in [0.4, 0.5) is 5.69 Å². The summed E-state index contributed by atoms with van der Waals surface area (Å²) in [7, 11) is 0. The van der Waals surface area contributed by atoms with Crippen LogP contribution in [0.2, 0.25) is 10.0 Å². The molecular weight excluding hydrogens is 923 g/mol. The van der Waals surface area contributed by atoms with Gasteiger partial charge in [0.25, 0.3) is 11.8 Å². The number of hydrogen-bond acceptors (Lipinski definition) is 12. The van der Waals surface area contributed by atoms with Gasteiger partial charge in [-0.05, 0) is 84.4 Å². The Morgan fingerprint density at radius 1 is 0.632 bits per heavy atom. The van der Waals surface area contributed by atoms with E-state index < -0.39 is 45.7 Å². The molecule has 9 N–H and O–H groups in total. The normalized spacial score (nSPS) is 11.3. The molecule has 1 aromatic heterocycles. The second-order valence-corrected chi connectivity index (χ2v) is 16.1. The van der Waals surface area contributed by atoms with Gasteiger partial charge < -0.3 is 55.5 Å². The first-order chi connectivity index (χ1) is 32.5. The number of anilines is 1. The number of benzene rings is 6. The van der Waals surface area contributed by atoms with Crippen LogP contribution in [0.3, 0.4) is 0 Å². The molecule has 0 saturated carbocycles. The summed E-state index contributed by atoms with van der Waals surface area (Å²) in [5.41, 5.74) is 6.21. The summed E-state index contributed by atoms with van der Waals surface area (Å²) in [5.74, 6) is -6.08. The maximum absolute atomic E-state index is 13.6. The standard InChI is InChI=1S/C49H30Cl2N4O13/c50-33-17-31(43(51)42(49(64)65)41(33)40-27-7-2-21(52)14-36(27)67-37-15-22(53)3-8-28(37)40)45(58)54-18-24-5-12-35(66-24)46(59)55-19-32-34(57)11-10-29-39(26-9-4-23(56)16-38(26)68-44(29)32)25-6-1-20(47(60)61)13-30(25)48(62)63/h1-17,52,57H,18-19,53H2,(H,54,58)(H,55,59)(H,60,61)(H,62,63)(H,64,65). The van der Waals surface area contributed by atoms with Gasteiger partial charge in [0, 0.05) is 62.5 Å². The molecule has 5 aromatic rings. The number of halogens is 2. The Bertz CT molecular complexity index is 3720. The lowest BCUT2D eigenvalue weighted by Crippen LogP contribution is -2.24. The van der Waals surface area contributed by atoms with E-state index in [0.717, 1.165) is 6.07 Å². The number of furan rings is 1. The van der Waals surface area contributed by atoms with Crippen LogP contribution in [0.25, 0.3) is 66.8 Å². The molecule has 4 aromatic carbocycles. The molecule has 17 nitrogen and oxygen atoms in total. The third kappa shape index (κ3) is 7.86. The molecule has 0 atom stereocenters. The Morgan fingerprint density at radius 2 is 1.34 bits per heavy atom. The van der Waals surface area contributed by atoms with Crippen molar-refractivity contribution in [3.05, 3.63) is 168 Å². The zero-order chi connectivity index (χ0) is 48.3. The van der Waals surface area contributed by atoms with Gasteiger partial charge in [0.2, 0.25) is 0 Å². The molecular formula is C49H30Cl2N4O13. The minimum atomic E-state index is -1.49. The van der Waals surface area contributed by atoms with Crippen molar-refractivity contribution in [2.75, 3.05) is 5.73 Å². The van der Waals surface area contributed by atoms with E-state index in [-0.39, 0.29) is 108 Å². The number of carbonyl (C=O) groups is 5. The number of fused-ring (bicyclic) bond motifs is 4. The molecule has 3 heterocycles. The quantitative estimate of drug-likeness (QED) is 0.0444. The minimum Gasteiger partial charge on any atom is -0.507 e. The van der Waals surface area contributed by atoms with E-state index in [9.17, 15) is 49.2 Å². The molecule has 0 spiro atoms. The highest BCUT2D eigenvalue weighted by atomic mass is 35.5. The molecule has 2 amide bonds. The first-order valence-corrected chi connectivity index (χ1v) is 20.8. The van der Waals surface area contributed by atoms with Crippen molar-refractivity contribution >= 4 is 80.6 Å². The molecule has 0 bridgehead atoms. The largest absolute Gasteiger partial charge is 0.507 e. The molecule has 0 saturated heterocycles. The van der Waals surface area contributed by atoms with Gasteiger partial charge >= 0.3 is 17.9 Å². The minimum absolute atomic E-state index is 0.00816. The number of nitrogens with one attached hydrogen (secondary N) is 3. The van der Waals surface area contributed by atoms with Gasteiger partial charge in [-0.1, -0.05) is 29.3 Å². The number of carboxylic acids is 3. The van der Waals surface area contributed by atoms with E-state index in [1.807, 2.05) is 0 Å². The van der Waals surface area contributed by atoms with Crippen LogP contribution >= 0.6 is 23.2 Å². The average molecular weight is 954 g/mol. The number of carboxylic acid groups (broad SMARTS) is 3. The summed E-state index contributed by atoms with van der Waals surface area (Å²) < 4.78 is 17.9. The molecule has 2 aliphatic heterocycles. The highest BCUT2D eigenvalue weighted by molar-refractivity contribution is 6.41. The fourth-order valence-electron chi connectivity index (χ4n) is 8.04. The number of phenolic OH excluding ortho intramolecular Hbond substituents is 1. The van der Waals surface area contributed by atoms with E-state index in [4.69, 9.17) is 47.6 Å². The third-order valence-electron chi connectivity index (χ3n) is 11.1. The van der Waals surface area contributed by atoms with Crippen molar-refractivity contribution < 1.29 is 57.7 Å². The Kier molecular flexibility index (Phi) is 11.2. The molecule has 2 aliphatic carbocycles. The van der Waals surface area contributed by atoms with Crippen LogP contribution in [-0.4, -0.2) is 50.1 Å². The lowest BCUT2D eigenvalue weighted by Gasteiger charge is -2.20. The van der Waals surface area contributed by atoms with E-state index in [1.54, 1.807) is 24.3 Å². The third-order valence-corrected chi connectivity index (χ3v) is 11.8. The maximum Gasteiger partial charge on any atom is 0.337 e. The van der Waals surface area contributed by atoms with Crippen molar-refractivity contribution in [2.24, 2.45) is 0 Å². The molecule has 19 heteroatoms. The zero-order valence-corrected chi connectivity index (χ0v) is 36.0. The Balaban J connectivity index is 0.980. The summed E-state index contributed by atoms with van der Waals surface area (Å²) in [6.07, 6.45) is 0. The van der Waals surface area contributed by atoms with Crippen molar-refractivity contribution in [1.29, 1.82) is 5.41 Å². The number of amides is 2. The number of phenols is 1. The molecule has 0 unspecified atom stereocenters. The molecule has 4 aliphatic rings. The summed E-state index contributed by atoms with van der Waals surface area (Å²) in [4.78, 5) is 76.6. The van der Waals surface area contributed by atoms with Gasteiger partial charge in [0.15, 0.2) is 11.2 Å². The van der Waals surface area contributed by atoms with Crippen molar-refractivity contribution in [1.82, 2.24) is 10.6 Å². The number of nitrogen functional groups attached to an aromatic ring is 1. The van der Waals surface area contributed by atoms with E-state index >= 15 is 0 Å². The van der Waals surface area contributed by atoms with Crippen molar-refractivity contribution in [3.8, 4) is 50.7 Å². The number of carbonyl (C=O) groups excluding carboxylic acids is 2. The molecule has 0 radical (unpaired) electrons. The second-order valence-electron chi connectivity index (χ2n) is 15.3. The smallest absolute Gasteiger partial charge is 0.337 e. The number of aromatic hydroxyl groups is 1. The van der Waals surface area contributed by atoms with Gasteiger partial charge in [-0.3, -0.25) is 14.4 Å². The fraction of sp³-hybridized carbons (Fsp3) is 0.0408. The second kappa shape index (κ2) is 17.1. The summed E-state index contributed by atoms with van der Waals surface area (Å²) in [6, 6.07) is 23.4. The number of hydrogen-bond donors (Lipinski definition) is 8. The van der Waals surface area contributed by atoms with E-state index in [2.05, 4.69) is 10.6 Å². The predicted molar refractivity (Wildman–Crippen MR) is 247 cm³/mol. The van der Waals surface area contributed by atoms with Gasteiger partial charge in [-0.25, -0.2) is 14.4 Å². The first kappa shape index (κ1) is 44.3. The highest BCUT2D eigenvalue weighted by Crippen LogP contribution is 2.47. The van der Waals surface area contributed by atoms with Crippen LogP contribution in [0, 0.1) is 5.41 Å². The van der Waals surface area contributed by atoms with Crippen LogP contribution in [0.1, 0.15) is 63.3 Å². The number of rotatable bonds is 11. The van der Waals surface area contributed by atoms with Gasteiger partial charge in [-0.15, -0.1) is 0 Å². The zero-order valence-electron chi connectivity index (χ0n) is 34.5. The summed E-state index contributed by atoms with van der Waals surface area (Å²) in [6.45, 7) is -0.684. The SMILES string of the molecule is N=c1ccc2c(-c3c(Cl)cc(C(=O)NCc4ccc(C(=O)NCc5c(O)ccc6c(-c7ccc(C(=O)O)cc7C(=O)O)c7ccc(=O)cc-7oc56)o4)c(Cl)c3C(=O)O)c3ccc(N)cc3oc-2c1. The molecule has 0 fully saturated rings. The fourth-order valence-corrected chi connectivity index (χ4v) is 8.65. The lowest BCUT2D eigenvalue weighted by atomic mass is 9.89. The predicted octanol–water partition coefficient (Wildman–Crippen LogP) is 8.70. The first-order valence-electron chi connectivity index (χ1n) is 20.0. The highest BCUT2D eigenvalue weighted by Gasteiger charge is 2.30. The van der Waals surface area contributed by atoms with E-state index in [0.29, 0.717) is 27.8 Å². The Labute approximate surface area is 390 Å². The van der Waals surface area contributed by atoms with Crippen LogP contribution in [-0.2, 0) is 13.1 Å². The summed E-state index contributed by atoms with van der Waals surface area (Å²) >= 11 is 13.6. The number of aromatic carboxylic acids is 3. The Morgan fingerprint density at radius 3 is 2.09 bits per heavy atom. The number of nitrogens with two attached hydrogens (primary N) is 1. The summed E-state index contributed by atoms with van der Waals surface area (Å²) in [5, 5.41) is 54.8. The molecule has 338 valence electrons. The lowest BCUT2D eigenvalue weighted by molar-refractivity contribution is 0.0682. The van der Waals surface area contributed by atoms with Crippen LogP contribution in [0.5, 0.6) is 5.75 Å². The van der Waals surface area contributed by atoms with Crippen molar-refractivity contribution in [3.63, 3.8) is 0 Å². The van der Waals surface area contributed by atoms with Gasteiger partial charge in [0.05, 0.1) is 56.3 Å². The van der Waals surface area contributed by atoms with Crippen molar-refractivity contribution in [2.45, 2.75) is 13.1 Å². The van der Waals surface area contributed by atoms with Gasteiger partial charge in [0.1, 0.15) is 34.2 Å².